The molecule has 8 nitrogen and oxygen atoms in total. The Balaban J connectivity index is 2.60. The molecular formula is C9H16N4O4S2. The van der Waals surface area contributed by atoms with Crippen LogP contribution in [0.15, 0.2) is 23.2 Å². The molecule has 0 atom stereocenters. The molecule has 0 unspecified atom stereocenters. The lowest BCUT2D eigenvalue weighted by Crippen LogP contribution is -2.27. The fraction of sp³-hybridized carbons (Fsp3) is 0.444. The molecule has 0 amide bonds. The Hall–Kier alpha value is -1.07. The molecule has 0 bridgehead atoms. The lowest BCUT2D eigenvalue weighted by atomic mass is 10.4. The van der Waals surface area contributed by atoms with E-state index in [0.717, 1.165) is 0 Å². The van der Waals surface area contributed by atoms with E-state index in [9.17, 15) is 16.8 Å². The molecule has 0 aliphatic carbocycles. The van der Waals surface area contributed by atoms with Crippen LogP contribution in [0.25, 0.3) is 0 Å². The summed E-state index contributed by atoms with van der Waals surface area (Å²) >= 11 is 0. The van der Waals surface area contributed by atoms with Crippen LogP contribution in [0.3, 0.4) is 0 Å². The van der Waals surface area contributed by atoms with Crippen molar-refractivity contribution in [3.8, 4) is 0 Å². The Morgan fingerprint density at radius 3 is 2.37 bits per heavy atom. The van der Waals surface area contributed by atoms with Crippen molar-refractivity contribution in [1.82, 2.24) is 9.71 Å². The van der Waals surface area contributed by atoms with Crippen molar-refractivity contribution in [3.63, 3.8) is 0 Å². The molecule has 0 spiro atoms. The molecule has 0 aliphatic rings. The summed E-state index contributed by atoms with van der Waals surface area (Å²) in [6.07, 6.45) is 1.30. The van der Waals surface area contributed by atoms with Crippen LogP contribution in [0.1, 0.15) is 12.1 Å². The molecule has 1 aromatic rings. The third-order valence-electron chi connectivity index (χ3n) is 2.21. The van der Waals surface area contributed by atoms with Gasteiger partial charge < -0.3 is 5.73 Å². The van der Waals surface area contributed by atoms with Gasteiger partial charge in [-0.2, -0.15) is 0 Å². The van der Waals surface area contributed by atoms with Gasteiger partial charge in [0.25, 0.3) is 0 Å². The highest BCUT2D eigenvalue weighted by Crippen LogP contribution is 2.07. The van der Waals surface area contributed by atoms with Crippen LogP contribution in [0.5, 0.6) is 0 Å². The number of pyridine rings is 1. The lowest BCUT2D eigenvalue weighted by Gasteiger charge is -2.06. The van der Waals surface area contributed by atoms with Crippen LogP contribution < -0.4 is 15.6 Å². The first-order chi connectivity index (χ1) is 8.74. The van der Waals surface area contributed by atoms with Gasteiger partial charge in [0.2, 0.25) is 20.0 Å². The predicted molar refractivity (Wildman–Crippen MR) is 69.9 cm³/mol. The quantitative estimate of drug-likeness (QED) is 0.522. The summed E-state index contributed by atoms with van der Waals surface area (Å²) in [5.41, 5.74) is 5.93. The largest absolute Gasteiger partial charge is 0.325 e. The Morgan fingerprint density at radius 2 is 1.89 bits per heavy atom. The first-order valence-electron chi connectivity index (χ1n) is 5.40. The average Bonchev–Trinajstić information content (AvgIpc) is 2.34. The highest BCUT2D eigenvalue weighted by atomic mass is 32.2. The molecule has 0 aromatic carbocycles. The fourth-order valence-electron chi connectivity index (χ4n) is 1.25. The van der Waals surface area contributed by atoms with Gasteiger partial charge in [0, 0.05) is 19.3 Å². The van der Waals surface area contributed by atoms with E-state index in [0.29, 0.717) is 5.69 Å². The Labute approximate surface area is 112 Å². The molecule has 0 saturated carbocycles. The van der Waals surface area contributed by atoms with Crippen LogP contribution in [0.2, 0.25) is 0 Å². The van der Waals surface area contributed by atoms with Gasteiger partial charge in [-0.3, -0.25) is 4.98 Å². The van der Waals surface area contributed by atoms with Gasteiger partial charge in [-0.05, 0) is 18.6 Å². The minimum absolute atomic E-state index is 0.000283. The van der Waals surface area contributed by atoms with E-state index in [2.05, 4.69) is 9.71 Å². The van der Waals surface area contributed by atoms with Crippen molar-refractivity contribution in [2.24, 2.45) is 10.9 Å². The van der Waals surface area contributed by atoms with Crippen molar-refractivity contribution in [2.45, 2.75) is 17.9 Å². The number of hydrogen-bond acceptors (Lipinski definition) is 6. The zero-order chi connectivity index (χ0) is 14.5. The molecule has 1 aromatic heterocycles. The summed E-state index contributed by atoms with van der Waals surface area (Å²) in [6.45, 7) is 0.208. The topological polar surface area (TPSA) is 145 Å². The van der Waals surface area contributed by atoms with Crippen LogP contribution >= 0.6 is 0 Å². The predicted octanol–water partition coefficient (Wildman–Crippen LogP) is -1.50. The molecular weight excluding hydrogens is 292 g/mol. The number of nitrogens with two attached hydrogens (primary N) is 2. The highest BCUT2D eigenvalue weighted by molar-refractivity contribution is 7.89. The number of primary sulfonamides is 1. The lowest BCUT2D eigenvalue weighted by molar-refractivity contribution is 0.576. The summed E-state index contributed by atoms with van der Waals surface area (Å²) < 4.78 is 47.2. The third-order valence-corrected chi connectivity index (χ3v) is 4.52. The standard InChI is InChI=1S/C9H16N4O4S2/c10-6-8-2-3-9(7-12-8)19(16,17)13-4-1-5-18(11,14)15/h2-3,7,13H,1,4-6,10H2,(H2,11,14,15). The van der Waals surface area contributed by atoms with E-state index in [1.165, 1.54) is 18.3 Å². The molecule has 0 aliphatic heterocycles. The third kappa shape index (κ3) is 5.61. The van der Waals surface area contributed by atoms with E-state index in [1.807, 2.05) is 0 Å². The number of nitrogens with zero attached hydrogens (tertiary/aromatic N) is 1. The number of rotatable bonds is 7. The van der Waals surface area contributed by atoms with Crippen LogP contribution in [0.4, 0.5) is 0 Å². The maximum absolute atomic E-state index is 11.8. The van der Waals surface area contributed by atoms with Crippen molar-refractivity contribution in [3.05, 3.63) is 24.0 Å². The molecule has 1 heterocycles. The van der Waals surface area contributed by atoms with Gasteiger partial charge in [0.1, 0.15) is 4.90 Å². The first-order valence-corrected chi connectivity index (χ1v) is 8.59. The Bertz CT molecular complexity index is 610. The van der Waals surface area contributed by atoms with Crippen molar-refractivity contribution in [2.75, 3.05) is 12.3 Å². The van der Waals surface area contributed by atoms with Crippen LogP contribution in [0, 0.1) is 0 Å². The van der Waals surface area contributed by atoms with E-state index in [4.69, 9.17) is 10.9 Å². The first kappa shape index (κ1) is 16.0. The maximum atomic E-state index is 11.8. The highest BCUT2D eigenvalue weighted by Gasteiger charge is 2.14. The molecule has 108 valence electrons. The number of sulfonamides is 2. The second kappa shape index (κ2) is 6.39. The smallest absolute Gasteiger partial charge is 0.242 e. The molecule has 0 saturated heterocycles. The van der Waals surface area contributed by atoms with E-state index in [-0.39, 0.29) is 30.2 Å². The van der Waals surface area contributed by atoms with Crippen LogP contribution in [-0.2, 0) is 26.6 Å². The molecule has 0 fully saturated rings. The van der Waals surface area contributed by atoms with Crippen molar-refractivity contribution in [1.29, 1.82) is 0 Å². The average molecular weight is 308 g/mol. The van der Waals surface area contributed by atoms with Crippen molar-refractivity contribution < 1.29 is 16.8 Å². The van der Waals surface area contributed by atoms with Gasteiger partial charge in [-0.1, -0.05) is 0 Å². The molecule has 5 N–H and O–H groups in total. The summed E-state index contributed by atoms with van der Waals surface area (Å²) in [7, 11) is -7.27. The summed E-state index contributed by atoms with van der Waals surface area (Å²) in [5, 5.41) is 4.80. The van der Waals surface area contributed by atoms with Gasteiger partial charge in [0.05, 0.1) is 11.4 Å². The summed E-state index contributed by atoms with van der Waals surface area (Å²) in [4.78, 5) is 3.87. The fourth-order valence-corrected chi connectivity index (χ4v) is 2.82. The van der Waals surface area contributed by atoms with Gasteiger partial charge >= 0.3 is 0 Å². The second-order valence-corrected chi connectivity index (χ2v) is 7.31. The molecule has 10 heteroatoms. The van der Waals surface area contributed by atoms with Gasteiger partial charge in [-0.25, -0.2) is 26.7 Å². The van der Waals surface area contributed by atoms with E-state index >= 15 is 0 Å². The Morgan fingerprint density at radius 1 is 1.21 bits per heavy atom. The monoisotopic (exact) mass is 308 g/mol. The van der Waals surface area contributed by atoms with Gasteiger partial charge in [-0.15, -0.1) is 0 Å². The number of hydrogen-bond donors (Lipinski definition) is 3. The van der Waals surface area contributed by atoms with Crippen LogP contribution in [-0.4, -0.2) is 34.1 Å². The summed E-state index contributed by atoms with van der Waals surface area (Å²) in [5.74, 6) is -0.278. The number of nitrogens with one attached hydrogen (secondary N) is 1. The maximum Gasteiger partial charge on any atom is 0.242 e. The second-order valence-electron chi connectivity index (χ2n) is 3.81. The zero-order valence-corrected chi connectivity index (χ0v) is 11.7. The number of aromatic nitrogens is 1. The minimum atomic E-state index is -3.69. The van der Waals surface area contributed by atoms with E-state index in [1.54, 1.807) is 0 Å². The molecule has 19 heavy (non-hydrogen) atoms. The SMILES string of the molecule is NCc1ccc(S(=O)(=O)NCCCS(N)(=O)=O)cn1. The molecule has 1 rings (SSSR count). The Kier molecular flexibility index (Phi) is 5.38. The van der Waals surface area contributed by atoms with E-state index < -0.39 is 20.0 Å². The summed E-state index contributed by atoms with van der Waals surface area (Å²) in [6, 6.07) is 2.90. The zero-order valence-electron chi connectivity index (χ0n) is 10.1. The van der Waals surface area contributed by atoms with Crippen molar-refractivity contribution >= 4 is 20.0 Å². The minimum Gasteiger partial charge on any atom is -0.325 e. The molecule has 0 radical (unpaired) electrons. The normalized spacial score (nSPS) is 12.5. The van der Waals surface area contributed by atoms with Gasteiger partial charge in [0.15, 0.2) is 0 Å².